The van der Waals surface area contributed by atoms with E-state index in [-0.39, 0.29) is 16.8 Å². The van der Waals surface area contributed by atoms with Crippen molar-refractivity contribution in [1.82, 2.24) is 4.57 Å². The highest BCUT2D eigenvalue weighted by molar-refractivity contribution is 7.71. The van der Waals surface area contributed by atoms with E-state index in [1.807, 2.05) is 12.1 Å². The standard InChI is InChI=1S/C30H31ClN2O9S/c1-15(34)38-14-24-26(39-16(2)35)27(40-17(3)36)28(41-18(4)37)29(42-24)33-23-8-6-5-7-21(23)25(22(13-32)30(33)43)19-9-11-20(31)12-10-19/h9-12,24,26-29H,5-8,14H2,1-4H3/t24-,26+,27-,28-,29+/m0/s1. The minimum absolute atomic E-state index is 0.106. The van der Waals surface area contributed by atoms with Crippen molar-refractivity contribution in [2.75, 3.05) is 6.61 Å². The first-order valence-electron chi connectivity index (χ1n) is 13.7. The number of rotatable bonds is 7. The average Bonchev–Trinajstić information content (AvgIpc) is 2.94. The summed E-state index contributed by atoms with van der Waals surface area (Å²) in [6.45, 7) is 4.31. The van der Waals surface area contributed by atoms with E-state index in [1.165, 1.54) is 13.8 Å². The van der Waals surface area contributed by atoms with Gasteiger partial charge in [-0.2, -0.15) is 5.26 Å². The molecule has 0 unspecified atom stereocenters. The van der Waals surface area contributed by atoms with Crippen LogP contribution in [0, 0.1) is 16.0 Å². The van der Waals surface area contributed by atoms with Gasteiger partial charge in [-0.15, -0.1) is 0 Å². The predicted molar refractivity (Wildman–Crippen MR) is 154 cm³/mol. The minimum Gasteiger partial charge on any atom is -0.463 e. The zero-order chi connectivity index (χ0) is 31.4. The Bertz CT molecular complexity index is 1530. The van der Waals surface area contributed by atoms with Gasteiger partial charge in [0.25, 0.3) is 0 Å². The highest BCUT2D eigenvalue weighted by atomic mass is 35.5. The first-order chi connectivity index (χ1) is 20.4. The Morgan fingerprint density at radius 2 is 1.51 bits per heavy atom. The molecule has 2 aromatic rings. The topological polar surface area (TPSA) is 143 Å². The van der Waals surface area contributed by atoms with E-state index in [2.05, 4.69) is 6.07 Å². The van der Waals surface area contributed by atoms with Crippen LogP contribution in [0.3, 0.4) is 0 Å². The number of fused-ring (bicyclic) bond motifs is 1. The van der Waals surface area contributed by atoms with Crippen molar-refractivity contribution in [1.29, 1.82) is 5.26 Å². The molecule has 43 heavy (non-hydrogen) atoms. The summed E-state index contributed by atoms with van der Waals surface area (Å²) in [5, 5.41) is 10.9. The van der Waals surface area contributed by atoms with E-state index >= 15 is 0 Å². The largest absolute Gasteiger partial charge is 0.463 e. The third kappa shape index (κ3) is 7.06. The fourth-order valence-electron chi connectivity index (χ4n) is 5.65. The van der Waals surface area contributed by atoms with Gasteiger partial charge in [-0.05, 0) is 48.9 Å². The number of esters is 4. The van der Waals surface area contributed by atoms with Crippen LogP contribution in [-0.4, -0.2) is 59.5 Å². The highest BCUT2D eigenvalue weighted by Gasteiger charge is 2.53. The van der Waals surface area contributed by atoms with Crippen molar-refractivity contribution in [3.63, 3.8) is 0 Å². The number of carbonyl (C=O) groups is 4. The molecule has 13 heteroatoms. The monoisotopic (exact) mass is 630 g/mol. The Labute approximate surface area is 258 Å². The molecule has 1 aromatic carbocycles. The molecule has 1 aromatic heterocycles. The van der Waals surface area contributed by atoms with Crippen LogP contribution >= 0.6 is 23.8 Å². The zero-order valence-electron chi connectivity index (χ0n) is 24.1. The lowest BCUT2D eigenvalue weighted by atomic mass is 9.86. The SMILES string of the molecule is CC(=O)OC[C@@H]1O[C@@H](n2c3c(c(-c4ccc(Cl)cc4)c(C#N)c2=S)CCCC3)[C@@H](OC(C)=O)[C@@H](OC(C)=O)[C@@H]1OC(C)=O. The van der Waals surface area contributed by atoms with Gasteiger partial charge >= 0.3 is 23.9 Å². The summed E-state index contributed by atoms with van der Waals surface area (Å²) in [5.41, 5.74) is 3.26. The average molecular weight is 631 g/mol. The van der Waals surface area contributed by atoms with Crippen LogP contribution in [0.15, 0.2) is 24.3 Å². The number of carbonyl (C=O) groups excluding carboxylic acids is 4. The number of benzene rings is 1. The molecule has 0 spiro atoms. The fourth-order valence-corrected chi connectivity index (χ4v) is 6.13. The molecule has 5 atom stereocenters. The third-order valence-corrected chi connectivity index (χ3v) is 7.83. The first-order valence-corrected chi connectivity index (χ1v) is 14.5. The number of hydrogen-bond acceptors (Lipinski definition) is 11. The Balaban J connectivity index is 1.99. The lowest BCUT2D eigenvalue weighted by Gasteiger charge is -2.46. The molecule has 0 N–H and O–H groups in total. The lowest BCUT2D eigenvalue weighted by Crippen LogP contribution is -2.61. The van der Waals surface area contributed by atoms with Crippen LogP contribution in [-0.2, 0) is 55.7 Å². The van der Waals surface area contributed by atoms with E-state index in [9.17, 15) is 24.4 Å². The smallest absolute Gasteiger partial charge is 0.303 e. The van der Waals surface area contributed by atoms with Crippen LogP contribution < -0.4 is 0 Å². The fraction of sp³-hybridized carbons (Fsp3) is 0.467. The number of pyridine rings is 1. The van der Waals surface area contributed by atoms with E-state index in [0.717, 1.165) is 43.5 Å². The van der Waals surface area contributed by atoms with Gasteiger partial charge in [0.15, 0.2) is 24.5 Å². The molecule has 228 valence electrons. The van der Waals surface area contributed by atoms with Crippen molar-refractivity contribution in [3.8, 4) is 17.2 Å². The van der Waals surface area contributed by atoms with E-state index in [4.69, 9.17) is 47.5 Å². The molecule has 0 radical (unpaired) electrons. The van der Waals surface area contributed by atoms with Crippen molar-refractivity contribution in [2.45, 2.75) is 84.0 Å². The van der Waals surface area contributed by atoms with Gasteiger partial charge in [-0.3, -0.25) is 19.2 Å². The van der Waals surface area contributed by atoms with Gasteiger partial charge < -0.3 is 28.3 Å². The summed E-state index contributed by atoms with van der Waals surface area (Å²) < 4.78 is 30.2. The van der Waals surface area contributed by atoms with Crippen LogP contribution in [0.2, 0.25) is 5.02 Å². The summed E-state index contributed by atoms with van der Waals surface area (Å²) >= 11 is 12.1. The van der Waals surface area contributed by atoms with Gasteiger partial charge in [-0.1, -0.05) is 36.0 Å². The van der Waals surface area contributed by atoms with Crippen LogP contribution in [0.4, 0.5) is 0 Å². The van der Waals surface area contributed by atoms with Gasteiger partial charge in [0, 0.05) is 44.0 Å². The van der Waals surface area contributed by atoms with Gasteiger partial charge in [-0.25, -0.2) is 0 Å². The molecule has 0 saturated carbocycles. The maximum atomic E-state index is 12.4. The molecule has 1 aliphatic carbocycles. The molecular formula is C30H31ClN2O9S. The molecule has 1 saturated heterocycles. The normalized spacial score (nSPS) is 22.8. The molecule has 1 aliphatic heterocycles. The number of nitrogens with zero attached hydrogens (tertiary/aromatic N) is 2. The molecule has 2 heterocycles. The maximum absolute atomic E-state index is 12.4. The van der Waals surface area contributed by atoms with Crippen molar-refractivity contribution in [3.05, 3.63) is 50.7 Å². The van der Waals surface area contributed by atoms with Crippen LogP contribution in [0.25, 0.3) is 11.1 Å². The van der Waals surface area contributed by atoms with Gasteiger partial charge in [0.2, 0.25) is 0 Å². The first kappa shape index (κ1) is 32.1. The molecule has 1 fully saturated rings. The van der Waals surface area contributed by atoms with Gasteiger partial charge in [0.1, 0.15) is 23.4 Å². The van der Waals surface area contributed by atoms with E-state index in [1.54, 1.807) is 16.7 Å². The molecule has 0 amide bonds. The Morgan fingerprint density at radius 1 is 0.930 bits per heavy atom. The third-order valence-electron chi connectivity index (χ3n) is 7.18. The second kappa shape index (κ2) is 13.7. The van der Waals surface area contributed by atoms with Gasteiger partial charge in [0.05, 0.1) is 5.56 Å². The van der Waals surface area contributed by atoms with E-state index in [0.29, 0.717) is 23.4 Å². The maximum Gasteiger partial charge on any atom is 0.303 e. The Hall–Kier alpha value is -3.79. The Kier molecular flexibility index (Phi) is 10.2. The van der Waals surface area contributed by atoms with Crippen molar-refractivity contribution < 1.29 is 42.9 Å². The Morgan fingerprint density at radius 3 is 2.09 bits per heavy atom. The lowest BCUT2D eigenvalue weighted by molar-refractivity contribution is -0.269. The van der Waals surface area contributed by atoms with Crippen molar-refractivity contribution in [2.24, 2.45) is 0 Å². The molecule has 4 rings (SSSR count). The minimum atomic E-state index is -1.37. The number of hydrogen-bond donors (Lipinski definition) is 0. The quantitative estimate of drug-likeness (QED) is 0.241. The molecule has 11 nitrogen and oxygen atoms in total. The molecule has 0 bridgehead atoms. The second-order valence-electron chi connectivity index (χ2n) is 10.3. The predicted octanol–water partition coefficient (Wildman–Crippen LogP) is 4.54. The van der Waals surface area contributed by atoms with Crippen LogP contribution in [0.5, 0.6) is 0 Å². The zero-order valence-corrected chi connectivity index (χ0v) is 25.7. The van der Waals surface area contributed by atoms with E-state index < -0.39 is 54.5 Å². The summed E-state index contributed by atoms with van der Waals surface area (Å²) in [4.78, 5) is 48.6. The summed E-state index contributed by atoms with van der Waals surface area (Å²) in [7, 11) is 0. The summed E-state index contributed by atoms with van der Waals surface area (Å²) in [6.07, 6.45) is -3.59. The number of ether oxygens (including phenoxy) is 5. The number of aromatic nitrogens is 1. The molecule has 2 aliphatic rings. The highest BCUT2D eigenvalue weighted by Crippen LogP contribution is 2.41. The summed E-state index contributed by atoms with van der Waals surface area (Å²) in [5.74, 6) is -2.82. The van der Waals surface area contributed by atoms with Crippen LogP contribution in [0.1, 0.15) is 63.6 Å². The summed E-state index contributed by atoms with van der Waals surface area (Å²) in [6, 6.07) is 9.35. The van der Waals surface area contributed by atoms with Crippen molar-refractivity contribution >= 4 is 47.7 Å². The number of halogens is 1. The number of nitriles is 1. The second-order valence-corrected chi connectivity index (χ2v) is 11.1. The molecular weight excluding hydrogens is 600 g/mol.